The van der Waals surface area contributed by atoms with Gasteiger partial charge in [0.1, 0.15) is 5.78 Å². The van der Waals surface area contributed by atoms with Crippen molar-refractivity contribution in [1.29, 1.82) is 0 Å². The van der Waals surface area contributed by atoms with Crippen LogP contribution in [0.2, 0.25) is 0 Å². The number of hydrogen-bond donors (Lipinski definition) is 1. The first-order valence-corrected chi connectivity index (χ1v) is 6.53. The molecule has 0 amide bonds. The van der Waals surface area contributed by atoms with Gasteiger partial charge in [-0.3, -0.25) is 9.59 Å². The van der Waals surface area contributed by atoms with Gasteiger partial charge in [-0.05, 0) is 11.1 Å². The molecule has 3 nitrogen and oxygen atoms in total. The monoisotopic (exact) mass is 268 g/mol. The second-order valence-corrected chi connectivity index (χ2v) is 4.61. The van der Waals surface area contributed by atoms with Crippen molar-refractivity contribution in [2.75, 3.05) is 0 Å². The molecule has 2 rings (SSSR count). The molecule has 3 heteroatoms. The summed E-state index contributed by atoms with van der Waals surface area (Å²) in [5, 5.41) is 8.73. The molecule has 2 aromatic rings. The fourth-order valence-corrected chi connectivity index (χ4v) is 2.23. The fourth-order valence-electron chi connectivity index (χ4n) is 2.23. The minimum absolute atomic E-state index is 0.0454. The van der Waals surface area contributed by atoms with Gasteiger partial charge in [-0.2, -0.15) is 0 Å². The highest BCUT2D eigenvalue weighted by Crippen LogP contribution is 2.27. The van der Waals surface area contributed by atoms with Crippen LogP contribution < -0.4 is 0 Å². The van der Waals surface area contributed by atoms with Crippen LogP contribution in [0, 0.1) is 0 Å². The average molecular weight is 268 g/mol. The van der Waals surface area contributed by atoms with Crippen molar-refractivity contribution < 1.29 is 14.7 Å². The molecule has 0 fully saturated rings. The van der Waals surface area contributed by atoms with Crippen molar-refractivity contribution >= 4 is 11.8 Å². The lowest BCUT2D eigenvalue weighted by Crippen LogP contribution is -2.15. The van der Waals surface area contributed by atoms with Crippen molar-refractivity contribution in [3.8, 4) is 0 Å². The van der Waals surface area contributed by atoms with E-state index in [0.717, 1.165) is 11.1 Å². The van der Waals surface area contributed by atoms with E-state index in [4.69, 9.17) is 5.11 Å². The summed E-state index contributed by atoms with van der Waals surface area (Å²) in [6, 6.07) is 18.9. The summed E-state index contributed by atoms with van der Waals surface area (Å²) < 4.78 is 0. The minimum Gasteiger partial charge on any atom is -0.481 e. The van der Waals surface area contributed by atoms with E-state index < -0.39 is 11.9 Å². The van der Waals surface area contributed by atoms with Crippen molar-refractivity contribution in [2.45, 2.75) is 18.8 Å². The van der Waals surface area contributed by atoms with E-state index in [9.17, 15) is 9.59 Å². The maximum absolute atomic E-state index is 12.4. The minimum atomic E-state index is -0.946. The lowest BCUT2D eigenvalue weighted by molar-refractivity contribution is -0.138. The summed E-state index contributed by atoms with van der Waals surface area (Å²) in [6.45, 7) is 0. The Bertz CT molecular complexity index is 536. The summed E-state index contributed by atoms with van der Waals surface area (Å²) >= 11 is 0. The van der Waals surface area contributed by atoms with Gasteiger partial charge < -0.3 is 5.11 Å². The van der Waals surface area contributed by atoms with E-state index in [1.165, 1.54) is 0 Å². The van der Waals surface area contributed by atoms with Gasteiger partial charge in [0.2, 0.25) is 0 Å². The van der Waals surface area contributed by atoms with E-state index in [1.807, 2.05) is 60.7 Å². The highest BCUT2D eigenvalue weighted by Gasteiger charge is 2.22. The Morgan fingerprint density at radius 1 is 0.800 bits per heavy atom. The molecule has 20 heavy (non-hydrogen) atoms. The highest BCUT2D eigenvalue weighted by atomic mass is 16.4. The van der Waals surface area contributed by atoms with Gasteiger partial charge in [0.05, 0.1) is 12.3 Å². The first-order valence-electron chi connectivity index (χ1n) is 6.53. The zero-order valence-electron chi connectivity index (χ0n) is 11.0. The van der Waals surface area contributed by atoms with Gasteiger partial charge in [0, 0.05) is 6.42 Å². The molecular weight excluding hydrogens is 252 g/mol. The molecule has 2 aromatic carbocycles. The van der Waals surface area contributed by atoms with Crippen LogP contribution in [0.15, 0.2) is 60.7 Å². The molecule has 0 aliphatic carbocycles. The lowest BCUT2D eigenvalue weighted by Gasteiger charge is -2.16. The maximum Gasteiger partial charge on any atom is 0.303 e. The van der Waals surface area contributed by atoms with Crippen LogP contribution in [0.25, 0.3) is 0 Å². The quantitative estimate of drug-likeness (QED) is 0.875. The van der Waals surface area contributed by atoms with Gasteiger partial charge >= 0.3 is 5.97 Å². The molecule has 102 valence electrons. The number of carboxylic acid groups (broad SMARTS) is 1. The summed E-state index contributed by atoms with van der Waals surface area (Å²) in [5.41, 5.74) is 1.79. The third kappa shape index (κ3) is 3.54. The molecule has 0 atom stereocenters. The molecule has 0 heterocycles. The first kappa shape index (κ1) is 14.0. The summed E-state index contributed by atoms with van der Waals surface area (Å²) in [6.07, 6.45) is -0.0845. The second-order valence-electron chi connectivity index (χ2n) is 4.61. The van der Waals surface area contributed by atoms with Crippen LogP contribution in [0.5, 0.6) is 0 Å². The Hall–Kier alpha value is -2.42. The zero-order valence-corrected chi connectivity index (χ0v) is 11.0. The number of ketones is 1. The van der Waals surface area contributed by atoms with E-state index >= 15 is 0 Å². The van der Waals surface area contributed by atoms with Crippen LogP contribution in [-0.4, -0.2) is 16.9 Å². The molecule has 0 aliphatic rings. The van der Waals surface area contributed by atoms with E-state index in [1.54, 1.807) is 0 Å². The predicted octanol–water partition coefficient (Wildman–Crippen LogP) is 3.25. The lowest BCUT2D eigenvalue weighted by atomic mass is 9.86. The third-order valence-electron chi connectivity index (χ3n) is 3.17. The summed E-state index contributed by atoms with van der Waals surface area (Å²) in [7, 11) is 0. The molecule has 0 radical (unpaired) electrons. The van der Waals surface area contributed by atoms with Crippen molar-refractivity contribution in [2.24, 2.45) is 0 Å². The number of benzene rings is 2. The number of carbonyl (C=O) groups is 2. The molecular formula is C17H16O3. The Morgan fingerprint density at radius 3 is 1.65 bits per heavy atom. The molecule has 0 aromatic heterocycles. The predicted molar refractivity (Wildman–Crippen MR) is 76.6 cm³/mol. The molecule has 0 bridgehead atoms. The van der Waals surface area contributed by atoms with Gasteiger partial charge in [-0.1, -0.05) is 60.7 Å². The number of carboxylic acids is 1. The third-order valence-corrected chi connectivity index (χ3v) is 3.17. The van der Waals surface area contributed by atoms with Gasteiger partial charge in [-0.25, -0.2) is 0 Å². The fraction of sp³-hybridized carbons (Fsp3) is 0.176. The number of carbonyl (C=O) groups excluding carboxylic acids is 1. The smallest absolute Gasteiger partial charge is 0.303 e. The van der Waals surface area contributed by atoms with Gasteiger partial charge in [-0.15, -0.1) is 0 Å². The second kappa shape index (κ2) is 6.66. The van der Waals surface area contributed by atoms with Crippen molar-refractivity contribution in [3.05, 3.63) is 71.8 Å². The van der Waals surface area contributed by atoms with Crippen molar-refractivity contribution in [1.82, 2.24) is 0 Å². The number of Topliss-reactive ketones (excluding diaryl/α,β-unsaturated/α-hetero) is 1. The standard InChI is InChI=1S/C17H16O3/c18-15(11-12-16(19)20)17(13-7-3-1-4-8-13)14-9-5-2-6-10-14/h1-10,17H,11-12H2,(H,19,20). The van der Waals surface area contributed by atoms with E-state index in [2.05, 4.69) is 0 Å². The average Bonchev–Trinajstić information content (AvgIpc) is 2.48. The molecule has 0 aliphatic heterocycles. The first-order chi connectivity index (χ1) is 9.68. The topological polar surface area (TPSA) is 54.4 Å². The Morgan fingerprint density at radius 2 is 1.25 bits per heavy atom. The van der Waals surface area contributed by atoms with Crippen LogP contribution in [-0.2, 0) is 9.59 Å². The van der Waals surface area contributed by atoms with Gasteiger partial charge in [0.15, 0.2) is 0 Å². The Balaban J connectivity index is 2.30. The molecule has 0 saturated carbocycles. The zero-order chi connectivity index (χ0) is 14.4. The summed E-state index contributed by atoms with van der Waals surface area (Å²) in [4.78, 5) is 23.0. The van der Waals surface area contributed by atoms with E-state index in [0.29, 0.717) is 0 Å². The number of aliphatic carboxylic acids is 1. The Labute approximate surface area is 117 Å². The van der Waals surface area contributed by atoms with E-state index in [-0.39, 0.29) is 18.6 Å². The number of rotatable bonds is 6. The maximum atomic E-state index is 12.4. The SMILES string of the molecule is O=C(O)CCC(=O)C(c1ccccc1)c1ccccc1. The van der Waals surface area contributed by atoms with Crippen molar-refractivity contribution in [3.63, 3.8) is 0 Å². The largest absolute Gasteiger partial charge is 0.481 e. The van der Waals surface area contributed by atoms with Crippen LogP contribution >= 0.6 is 0 Å². The van der Waals surface area contributed by atoms with Crippen LogP contribution in [0.3, 0.4) is 0 Å². The molecule has 0 saturated heterocycles. The highest BCUT2D eigenvalue weighted by molar-refractivity contribution is 5.91. The molecule has 0 unspecified atom stereocenters. The molecule has 0 spiro atoms. The van der Waals surface area contributed by atoms with Crippen LogP contribution in [0.1, 0.15) is 29.9 Å². The molecule has 1 N–H and O–H groups in total. The van der Waals surface area contributed by atoms with Gasteiger partial charge in [0.25, 0.3) is 0 Å². The Kier molecular flexibility index (Phi) is 4.66. The number of hydrogen-bond acceptors (Lipinski definition) is 2. The summed E-state index contributed by atoms with van der Waals surface area (Å²) in [5.74, 6) is -1.40. The van der Waals surface area contributed by atoms with Crippen LogP contribution in [0.4, 0.5) is 0 Å². The normalized spacial score (nSPS) is 10.4.